The van der Waals surface area contributed by atoms with Gasteiger partial charge in [-0.2, -0.15) is 0 Å². The monoisotopic (exact) mass is 342 g/mol. The lowest BCUT2D eigenvalue weighted by Gasteiger charge is -2.19. The van der Waals surface area contributed by atoms with Crippen molar-refractivity contribution in [2.24, 2.45) is 7.05 Å². The lowest BCUT2D eigenvalue weighted by molar-refractivity contribution is -0.121. The molecule has 1 aromatic heterocycles. The quantitative estimate of drug-likeness (QED) is 0.846. The predicted molar refractivity (Wildman–Crippen MR) is 90.4 cm³/mol. The number of nitrogens with zero attached hydrogens (tertiary/aromatic N) is 2. The van der Waals surface area contributed by atoms with Gasteiger partial charge in [0, 0.05) is 37.4 Å². The van der Waals surface area contributed by atoms with Crippen LogP contribution in [0, 0.1) is 0 Å². The molecule has 0 saturated heterocycles. The van der Waals surface area contributed by atoms with Crippen molar-refractivity contribution < 1.29 is 4.79 Å². The number of amides is 1. The molecule has 1 unspecified atom stereocenters. The van der Waals surface area contributed by atoms with Gasteiger partial charge in [-0.15, -0.1) is 12.4 Å². The number of rotatable bonds is 6. The van der Waals surface area contributed by atoms with Crippen LogP contribution in [0.1, 0.15) is 23.9 Å². The van der Waals surface area contributed by atoms with Gasteiger partial charge >= 0.3 is 0 Å². The van der Waals surface area contributed by atoms with Crippen LogP contribution in [0.3, 0.4) is 0 Å². The van der Waals surface area contributed by atoms with E-state index >= 15 is 0 Å². The number of aryl methyl sites for hydroxylation is 1. The van der Waals surface area contributed by atoms with Crippen LogP contribution in [0.15, 0.2) is 36.7 Å². The van der Waals surface area contributed by atoms with Crippen LogP contribution in [0.4, 0.5) is 0 Å². The minimum Gasteiger partial charge on any atom is -0.342 e. The summed E-state index contributed by atoms with van der Waals surface area (Å²) in [6, 6.07) is 7.14. The van der Waals surface area contributed by atoms with E-state index in [0.717, 1.165) is 11.4 Å². The number of halogens is 2. The Hall–Kier alpha value is -1.56. The Morgan fingerprint density at radius 3 is 2.59 bits per heavy atom. The zero-order valence-corrected chi connectivity index (χ0v) is 14.1. The third-order valence-electron chi connectivity index (χ3n) is 3.23. The van der Waals surface area contributed by atoms with Crippen molar-refractivity contribution in [3.05, 3.63) is 53.1 Å². The first-order valence-corrected chi connectivity index (χ1v) is 7.16. The molecule has 0 radical (unpaired) electrons. The molecule has 0 aliphatic carbocycles. The molecule has 2 aromatic rings. The molecule has 2 N–H and O–H groups in total. The van der Waals surface area contributed by atoms with Gasteiger partial charge < -0.3 is 15.2 Å². The molecule has 0 saturated carbocycles. The Labute approximate surface area is 141 Å². The van der Waals surface area contributed by atoms with E-state index in [2.05, 4.69) is 15.6 Å². The fourth-order valence-corrected chi connectivity index (χ4v) is 2.21. The van der Waals surface area contributed by atoms with Crippen LogP contribution < -0.4 is 10.6 Å². The normalized spacial score (nSPS) is 11.6. The zero-order chi connectivity index (χ0) is 15.2. The van der Waals surface area contributed by atoms with Crippen LogP contribution in [0.25, 0.3) is 0 Å². The summed E-state index contributed by atoms with van der Waals surface area (Å²) in [5.74, 6) is 0.766. The molecule has 120 valence electrons. The highest BCUT2D eigenvalue weighted by molar-refractivity contribution is 6.30. The van der Waals surface area contributed by atoms with Gasteiger partial charge in [0.25, 0.3) is 0 Å². The smallest absolute Gasteiger partial charge is 0.222 e. The molecule has 22 heavy (non-hydrogen) atoms. The molecule has 0 aliphatic rings. The van der Waals surface area contributed by atoms with Gasteiger partial charge in [-0.25, -0.2) is 4.98 Å². The van der Waals surface area contributed by atoms with Gasteiger partial charge in [0.05, 0.1) is 0 Å². The Morgan fingerprint density at radius 2 is 2.05 bits per heavy atom. The van der Waals surface area contributed by atoms with E-state index in [0.29, 0.717) is 18.0 Å². The van der Waals surface area contributed by atoms with Crippen LogP contribution in [-0.4, -0.2) is 29.1 Å². The van der Waals surface area contributed by atoms with E-state index in [-0.39, 0.29) is 24.4 Å². The maximum atomic E-state index is 12.0. The summed E-state index contributed by atoms with van der Waals surface area (Å²) < 4.78 is 1.90. The Kier molecular flexibility index (Phi) is 7.38. The van der Waals surface area contributed by atoms with Gasteiger partial charge in [-0.1, -0.05) is 23.7 Å². The first kappa shape index (κ1) is 18.5. The summed E-state index contributed by atoms with van der Waals surface area (Å²) in [6.45, 7) is 0.639. The molecule has 5 nitrogen and oxygen atoms in total. The highest BCUT2D eigenvalue weighted by Crippen LogP contribution is 2.22. The maximum Gasteiger partial charge on any atom is 0.222 e. The van der Waals surface area contributed by atoms with Crippen molar-refractivity contribution >= 4 is 29.9 Å². The SMILES string of the molecule is CNCCC(=O)NC(c1ccc(Cl)cc1)c1nccn1C.Cl. The van der Waals surface area contributed by atoms with Crippen LogP contribution >= 0.6 is 24.0 Å². The highest BCUT2D eigenvalue weighted by Gasteiger charge is 2.20. The summed E-state index contributed by atoms with van der Waals surface area (Å²) in [6.07, 6.45) is 4.00. The molecule has 0 aliphatic heterocycles. The summed E-state index contributed by atoms with van der Waals surface area (Å²) in [7, 11) is 3.73. The van der Waals surface area contributed by atoms with Crippen LogP contribution in [0.5, 0.6) is 0 Å². The molecule has 0 spiro atoms. The van der Waals surface area contributed by atoms with E-state index in [1.807, 2.05) is 49.1 Å². The lowest BCUT2D eigenvalue weighted by Crippen LogP contribution is -2.32. The van der Waals surface area contributed by atoms with Crippen molar-refractivity contribution in [3.8, 4) is 0 Å². The third-order valence-corrected chi connectivity index (χ3v) is 3.48. The average molecular weight is 343 g/mol. The standard InChI is InChI=1S/C15H19ClN4O.ClH/c1-17-8-7-13(21)19-14(15-18-9-10-20(15)2)11-3-5-12(16)6-4-11;/h3-6,9-10,14,17H,7-8H2,1-2H3,(H,19,21);1H. The molecule has 0 fully saturated rings. The van der Waals surface area contributed by atoms with Gasteiger partial charge in [0.2, 0.25) is 5.91 Å². The molecular formula is C15H20Cl2N4O. The van der Waals surface area contributed by atoms with Gasteiger partial charge in [-0.05, 0) is 24.7 Å². The number of aromatic nitrogens is 2. The maximum absolute atomic E-state index is 12.0. The van der Waals surface area contributed by atoms with Crippen molar-refractivity contribution in [1.29, 1.82) is 0 Å². The van der Waals surface area contributed by atoms with E-state index in [4.69, 9.17) is 11.6 Å². The predicted octanol–water partition coefficient (Wildman–Crippen LogP) is 2.31. The van der Waals surface area contributed by atoms with E-state index in [9.17, 15) is 4.79 Å². The van der Waals surface area contributed by atoms with E-state index in [1.54, 1.807) is 6.20 Å². The van der Waals surface area contributed by atoms with E-state index < -0.39 is 0 Å². The number of hydrogen-bond acceptors (Lipinski definition) is 3. The molecule has 1 heterocycles. The average Bonchev–Trinajstić information content (AvgIpc) is 2.89. The first-order valence-electron chi connectivity index (χ1n) is 6.78. The fourth-order valence-electron chi connectivity index (χ4n) is 2.08. The molecule has 7 heteroatoms. The topological polar surface area (TPSA) is 59.0 Å². The Balaban J connectivity index is 0.00000242. The molecule has 1 atom stereocenters. The Bertz CT molecular complexity index is 598. The van der Waals surface area contributed by atoms with Gasteiger partial charge in [-0.3, -0.25) is 4.79 Å². The minimum atomic E-state index is -0.286. The number of carbonyl (C=O) groups is 1. The second kappa shape index (κ2) is 8.78. The second-order valence-electron chi connectivity index (χ2n) is 4.80. The summed E-state index contributed by atoms with van der Waals surface area (Å²) in [5, 5.41) is 6.66. The number of hydrogen-bond donors (Lipinski definition) is 2. The minimum absolute atomic E-state index is 0. The van der Waals surface area contributed by atoms with Crippen molar-refractivity contribution in [2.45, 2.75) is 12.5 Å². The highest BCUT2D eigenvalue weighted by atomic mass is 35.5. The number of carbonyl (C=O) groups excluding carboxylic acids is 1. The fraction of sp³-hybridized carbons (Fsp3) is 0.333. The largest absolute Gasteiger partial charge is 0.342 e. The number of nitrogens with one attached hydrogen (secondary N) is 2. The second-order valence-corrected chi connectivity index (χ2v) is 5.24. The van der Waals surface area contributed by atoms with Crippen LogP contribution in [-0.2, 0) is 11.8 Å². The summed E-state index contributed by atoms with van der Waals surface area (Å²) in [5.41, 5.74) is 0.950. The summed E-state index contributed by atoms with van der Waals surface area (Å²) in [4.78, 5) is 16.4. The van der Waals surface area contributed by atoms with Crippen molar-refractivity contribution in [1.82, 2.24) is 20.2 Å². The molecule has 1 amide bonds. The van der Waals surface area contributed by atoms with E-state index in [1.165, 1.54) is 0 Å². The molecule has 2 rings (SSSR count). The first-order chi connectivity index (χ1) is 10.1. The molecule has 0 bridgehead atoms. The molecule has 1 aromatic carbocycles. The summed E-state index contributed by atoms with van der Waals surface area (Å²) >= 11 is 5.93. The van der Waals surface area contributed by atoms with Crippen LogP contribution in [0.2, 0.25) is 5.02 Å². The van der Waals surface area contributed by atoms with Crippen molar-refractivity contribution in [2.75, 3.05) is 13.6 Å². The third kappa shape index (κ3) is 4.73. The number of benzene rings is 1. The van der Waals surface area contributed by atoms with Gasteiger partial charge in [0.1, 0.15) is 11.9 Å². The van der Waals surface area contributed by atoms with Crippen molar-refractivity contribution in [3.63, 3.8) is 0 Å². The molecular weight excluding hydrogens is 323 g/mol. The zero-order valence-electron chi connectivity index (χ0n) is 12.5. The number of imidazole rings is 1. The van der Waals surface area contributed by atoms with Gasteiger partial charge in [0.15, 0.2) is 0 Å². The Morgan fingerprint density at radius 1 is 1.36 bits per heavy atom. The lowest BCUT2D eigenvalue weighted by atomic mass is 10.1.